The fourth-order valence-corrected chi connectivity index (χ4v) is 3.95. The molecule has 1 atom stereocenters. The Labute approximate surface area is 172 Å². The first kappa shape index (κ1) is 22.6. The first-order chi connectivity index (χ1) is 13.6. The van der Waals surface area contributed by atoms with Gasteiger partial charge in [-0.05, 0) is 79.3 Å². The van der Waals surface area contributed by atoms with Crippen LogP contribution in [-0.2, 0) is 30.4 Å². The molecule has 0 spiro atoms. The Balaban J connectivity index is 1.94. The predicted molar refractivity (Wildman–Crippen MR) is 119 cm³/mol. The van der Waals surface area contributed by atoms with Crippen LogP contribution in [0, 0.1) is 19.8 Å². The molecule has 28 heavy (non-hydrogen) atoms. The summed E-state index contributed by atoms with van der Waals surface area (Å²) in [7, 11) is 1.69. The van der Waals surface area contributed by atoms with Crippen molar-refractivity contribution < 1.29 is 9.84 Å². The summed E-state index contributed by atoms with van der Waals surface area (Å²) in [5.41, 5.74) is 8.42. The molecule has 2 heteroatoms. The second-order valence-corrected chi connectivity index (χ2v) is 8.19. The van der Waals surface area contributed by atoms with E-state index in [9.17, 15) is 5.11 Å². The fraction of sp³-hybridized carbons (Fsp3) is 0.538. The van der Waals surface area contributed by atoms with Crippen molar-refractivity contribution in [2.45, 2.75) is 65.7 Å². The third kappa shape index (κ3) is 7.07. The molecular weight excluding hydrogens is 344 g/mol. The summed E-state index contributed by atoms with van der Waals surface area (Å²) in [6, 6.07) is 13.8. The minimum atomic E-state index is 0.169. The van der Waals surface area contributed by atoms with Gasteiger partial charge in [-0.15, -0.1) is 0 Å². The molecule has 0 fully saturated rings. The Morgan fingerprint density at radius 3 is 2.11 bits per heavy atom. The molecule has 0 heterocycles. The molecule has 0 aliphatic carbocycles. The van der Waals surface area contributed by atoms with Gasteiger partial charge in [0.05, 0.1) is 6.61 Å². The fourth-order valence-electron chi connectivity index (χ4n) is 3.95. The standard InChI is InChI=1S/C26H38O2/c1-5-6-7-8-25-12-9-22(15-20(25)2)10-13-26-14-11-23(16-21(26)3)17-24(18-27)19-28-4/h9,11-12,14-16,24,27H,5-8,10,13,17-19H2,1-4H3. The highest BCUT2D eigenvalue weighted by Gasteiger charge is 2.10. The van der Waals surface area contributed by atoms with E-state index < -0.39 is 0 Å². The van der Waals surface area contributed by atoms with Crippen molar-refractivity contribution in [3.63, 3.8) is 0 Å². The number of rotatable bonds is 12. The van der Waals surface area contributed by atoms with Crippen LogP contribution in [0.4, 0.5) is 0 Å². The Morgan fingerprint density at radius 1 is 0.857 bits per heavy atom. The minimum absolute atomic E-state index is 0.169. The van der Waals surface area contributed by atoms with Gasteiger partial charge in [-0.1, -0.05) is 56.2 Å². The van der Waals surface area contributed by atoms with Crippen molar-refractivity contribution in [3.8, 4) is 0 Å². The van der Waals surface area contributed by atoms with E-state index in [0.29, 0.717) is 6.61 Å². The molecule has 0 aliphatic heterocycles. The van der Waals surface area contributed by atoms with Crippen LogP contribution in [0.2, 0.25) is 0 Å². The predicted octanol–water partition coefficient (Wildman–Crippen LogP) is 5.62. The van der Waals surface area contributed by atoms with E-state index in [4.69, 9.17) is 4.74 Å². The number of aryl methyl sites for hydroxylation is 5. The third-order valence-corrected chi connectivity index (χ3v) is 5.73. The van der Waals surface area contributed by atoms with E-state index in [1.807, 2.05) is 0 Å². The number of hydrogen-bond donors (Lipinski definition) is 1. The molecule has 0 saturated carbocycles. The van der Waals surface area contributed by atoms with Crippen LogP contribution >= 0.6 is 0 Å². The van der Waals surface area contributed by atoms with Gasteiger partial charge >= 0.3 is 0 Å². The SMILES string of the molecule is CCCCCc1ccc(CCc2ccc(CC(CO)COC)cc2C)cc1C. The van der Waals surface area contributed by atoms with Crippen molar-refractivity contribution in [1.29, 1.82) is 0 Å². The normalized spacial score (nSPS) is 12.3. The number of methoxy groups -OCH3 is 1. The van der Waals surface area contributed by atoms with Crippen molar-refractivity contribution >= 4 is 0 Å². The first-order valence-corrected chi connectivity index (χ1v) is 10.8. The molecule has 0 aromatic heterocycles. The summed E-state index contributed by atoms with van der Waals surface area (Å²) in [5, 5.41) is 9.47. The van der Waals surface area contributed by atoms with Crippen molar-refractivity contribution in [3.05, 3.63) is 69.8 Å². The topological polar surface area (TPSA) is 29.5 Å². The Kier molecular flexibility index (Phi) is 9.73. The zero-order valence-corrected chi connectivity index (χ0v) is 18.3. The first-order valence-electron chi connectivity index (χ1n) is 10.8. The maximum atomic E-state index is 9.47. The number of aliphatic hydroxyl groups excluding tert-OH is 1. The second-order valence-electron chi connectivity index (χ2n) is 8.19. The van der Waals surface area contributed by atoms with Gasteiger partial charge in [-0.25, -0.2) is 0 Å². The van der Waals surface area contributed by atoms with Crippen molar-refractivity contribution in [2.75, 3.05) is 20.3 Å². The molecule has 2 rings (SSSR count). The summed E-state index contributed by atoms with van der Waals surface area (Å²) in [4.78, 5) is 0. The Hall–Kier alpha value is -1.64. The van der Waals surface area contributed by atoms with E-state index in [-0.39, 0.29) is 12.5 Å². The monoisotopic (exact) mass is 382 g/mol. The zero-order chi connectivity index (χ0) is 20.4. The molecule has 2 aromatic rings. The second kappa shape index (κ2) is 12.0. The van der Waals surface area contributed by atoms with Gasteiger partial charge in [0.2, 0.25) is 0 Å². The summed E-state index contributed by atoms with van der Waals surface area (Å²) in [6.07, 6.45) is 8.12. The van der Waals surface area contributed by atoms with E-state index >= 15 is 0 Å². The molecule has 0 radical (unpaired) electrons. The van der Waals surface area contributed by atoms with Crippen molar-refractivity contribution in [1.82, 2.24) is 0 Å². The smallest absolute Gasteiger partial charge is 0.0515 e. The molecule has 2 nitrogen and oxygen atoms in total. The van der Waals surface area contributed by atoms with Crippen LogP contribution in [0.15, 0.2) is 36.4 Å². The number of aliphatic hydroxyl groups is 1. The highest BCUT2D eigenvalue weighted by atomic mass is 16.5. The molecule has 0 amide bonds. The lowest BCUT2D eigenvalue weighted by Crippen LogP contribution is -2.15. The molecule has 1 N–H and O–H groups in total. The van der Waals surface area contributed by atoms with Crippen LogP contribution in [0.1, 0.15) is 59.6 Å². The van der Waals surface area contributed by atoms with Gasteiger partial charge in [0.25, 0.3) is 0 Å². The third-order valence-electron chi connectivity index (χ3n) is 5.73. The van der Waals surface area contributed by atoms with Gasteiger partial charge in [0, 0.05) is 19.6 Å². The maximum absolute atomic E-state index is 9.47. The van der Waals surface area contributed by atoms with E-state index in [1.165, 1.54) is 59.1 Å². The number of unbranched alkanes of at least 4 members (excludes halogenated alkanes) is 2. The highest BCUT2D eigenvalue weighted by Crippen LogP contribution is 2.19. The molecule has 154 valence electrons. The van der Waals surface area contributed by atoms with Crippen LogP contribution in [0.5, 0.6) is 0 Å². The van der Waals surface area contributed by atoms with E-state index in [0.717, 1.165) is 19.3 Å². The Bertz CT molecular complexity index is 720. The zero-order valence-electron chi connectivity index (χ0n) is 18.3. The van der Waals surface area contributed by atoms with Gasteiger partial charge in [-0.2, -0.15) is 0 Å². The molecule has 0 saturated heterocycles. The molecule has 0 aliphatic rings. The molecule has 0 bridgehead atoms. The largest absolute Gasteiger partial charge is 0.396 e. The Morgan fingerprint density at radius 2 is 1.50 bits per heavy atom. The van der Waals surface area contributed by atoms with Gasteiger partial charge in [0.1, 0.15) is 0 Å². The number of hydrogen-bond acceptors (Lipinski definition) is 2. The van der Waals surface area contributed by atoms with Crippen molar-refractivity contribution in [2.24, 2.45) is 5.92 Å². The van der Waals surface area contributed by atoms with E-state index in [2.05, 4.69) is 57.2 Å². The highest BCUT2D eigenvalue weighted by molar-refractivity contribution is 5.34. The number of benzene rings is 2. The van der Waals surface area contributed by atoms with E-state index in [1.54, 1.807) is 7.11 Å². The quantitative estimate of drug-likeness (QED) is 0.483. The molecular formula is C26H38O2. The van der Waals surface area contributed by atoms with Crippen LogP contribution in [0.3, 0.4) is 0 Å². The van der Waals surface area contributed by atoms with Crippen LogP contribution in [0.25, 0.3) is 0 Å². The van der Waals surface area contributed by atoms with Crippen LogP contribution in [-0.4, -0.2) is 25.4 Å². The van der Waals surface area contributed by atoms with Gasteiger partial charge in [-0.3, -0.25) is 0 Å². The lowest BCUT2D eigenvalue weighted by atomic mass is 9.93. The summed E-state index contributed by atoms with van der Waals surface area (Å²) < 4.78 is 5.19. The lowest BCUT2D eigenvalue weighted by Gasteiger charge is -2.15. The van der Waals surface area contributed by atoms with Gasteiger partial charge in [0.15, 0.2) is 0 Å². The number of ether oxygens (including phenoxy) is 1. The maximum Gasteiger partial charge on any atom is 0.0515 e. The summed E-state index contributed by atoms with van der Waals surface area (Å²) in [6.45, 7) is 7.48. The average Bonchev–Trinajstić information content (AvgIpc) is 2.68. The lowest BCUT2D eigenvalue weighted by molar-refractivity contribution is 0.110. The summed E-state index contributed by atoms with van der Waals surface area (Å²) >= 11 is 0. The average molecular weight is 383 g/mol. The van der Waals surface area contributed by atoms with Gasteiger partial charge < -0.3 is 9.84 Å². The van der Waals surface area contributed by atoms with Crippen LogP contribution < -0.4 is 0 Å². The molecule has 1 unspecified atom stereocenters. The molecule has 2 aromatic carbocycles. The minimum Gasteiger partial charge on any atom is -0.396 e. The summed E-state index contributed by atoms with van der Waals surface area (Å²) in [5.74, 6) is 0.175.